The van der Waals surface area contributed by atoms with Gasteiger partial charge in [-0.05, 0) is 32.7 Å². The van der Waals surface area contributed by atoms with Crippen LogP contribution in [-0.4, -0.2) is 79.1 Å². The van der Waals surface area contributed by atoms with E-state index in [9.17, 15) is 18.3 Å². The first-order chi connectivity index (χ1) is 9.46. The number of hydrogen-bond acceptors (Lipinski definition) is 5. The van der Waals surface area contributed by atoms with Crippen LogP contribution in [0, 0.1) is 0 Å². The van der Waals surface area contributed by atoms with Crippen molar-refractivity contribution in [2.75, 3.05) is 37.7 Å². The molecule has 2 fully saturated rings. The van der Waals surface area contributed by atoms with Crippen molar-refractivity contribution in [3.8, 4) is 0 Å². The summed E-state index contributed by atoms with van der Waals surface area (Å²) in [6, 6.07) is -0.0994. The topological polar surface area (TPSA) is 77.9 Å². The quantitative estimate of drug-likeness (QED) is 0.739. The van der Waals surface area contributed by atoms with Crippen LogP contribution in [0.5, 0.6) is 0 Å². The molecule has 1 amide bonds. The monoisotopic (exact) mass is 304 g/mol. The maximum Gasteiger partial charge on any atom is 0.237 e. The molecule has 2 aliphatic heterocycles. The van der Waals surface area contributed by atoms with Crippen LogP contribution >= 0.6 is 0 Å². The SMILES string of the molecule is CCN(C(=O)CN1CCC[C@@H]1CO)C1CCS(=O)(=O)C1. The molecule has 2 saturated heterocycles. The molecular weight excluding hydrogens is 280 g/mol. The van der Waals surface area contributed by atoms with Gasteiger partial charge in [-0.1, -0.05) is 0 Å². The second kappa shape index (κ2) is 6.41. The van der Waals surface area contributed by atoms with Crippen LogP contribution < -0.4 is 0 Å². The first-order valence-corrected chi connectivity index (χ1v) is 9.13. The van der Waals surface area contributed by atoms with Gasteiger partial charge < -0.3 is 10.0 Å². The first-order valence-electron chi connectivity index (χ1n) is 7.31. The van der Waals surface area contributed by atoms with Crippen molar-refractivity contribution in [2.45, 2.75) is 38.3 Å². The number of aliphatic hydroxyl groups is 1. The van der Waals surface area contributed by atoms with Gasteiger partial charge in [-0.15, -0.1) is 0 Å². The fraction of sp³-hybridized carbons (Fsp3) is 0.923. The number of likely N-dealkylation sites (N-methyl/N-ethyl adjacent to an activating group) is 1. The highest BCUT2D eigenvalue weighted by Crippen LogP contribution is 2.20. The molecule has 1 unspecified atom stereocenters. The average molecular weight is 304 g/mol. The zero-order chi connectivity index (χ0) is 14.8. The summed E-state index contributed by atoms with van der Waals surface area (Å²) in [5.74, 6) is 0.260. The lowest BCUT2D eigenvalue weighted by Crippen LogP contribution is -2.47. The highest BCUT2D eigenvalue weighted by molar-refractivity contribution is 7.91. The lowest BCUT2D eigenvalue weighted by molar-refractivity contribution is -0.134. The van der Waals surface area contributed by atoms with Gasteiger partial charge >= 0.3 is 0 Å². The number of aliphatic hydroxyl groups excluding tert-OH is 1. The van der Waals surface area contributed by atoms with Gasteiger partial charge in [0, 0.05) is 18.6 Å². The summed E-state index contributed by atoms with van der Waals surface area (Å²) in [7, 11) is -2.97. The molecule has 0 saturated carbocycles. The molecule has 0 aromatic heterocycles. The van der Waals surface area contributed by atoms with E-state index >= 15 is 0 Å². The molecule has 6 nitrogen and oxygen atoms in total. The van der Waals surface area contributed by atoms with Crippen molar-refractivity contribution in [3.05, 3.63) is 0 Å². The van der Waals surface area contributed by atoms with Gasteiger partial charge in [0.25, 0.3) is 0 Å². The van der Waals surface area contributed by atoms with Crippen LogP contribution in [0.2, 0.25) is 0 Å². The number of amides is 1. The Morgan fingerprint density at radius 3 is 2.70 bits per heavy atom. The van der Waals surface area contributed by atoms with Crippen LogP contribution in [0.15, 0.2) is 0 Å². The fourth-order valence-corrected chi connectivity index (χ4v) is 4.96. The molecule has 2 heterocycles. The third-order valence-corrected chi connectivity index (χ3v) is 6.11. The van der Waals surface area contributed by atoms with Crippen molar-refractivity contribution in [3.63, 3.8) is 0 Å². The molecule has 2 aliphatic rings. The molecule has 116 valence electrons. The zero-order valence-corrected chi connectivity index (χ0v) is 12.8. The van der Waals surface area contributed by atoms with E-state index in [0.29, 0.717) is 13.0 Å². The standard InChI is InChI=1S/C13H24N2O4S/c1-2-15(12-5-7-20(18,19)10-12)13(17)8-14-6-3-4-11(14)9-16/h11-12,16H,2-10H2,1H3/t11-,12?/m1/s1. The number of rotatable bonds is 5. The number of carbonyl (C=O) groups excluding carboxylic acids is 1. The number of likely N-dealkylation sites (tertiary alicyclic amines) is 1. The molecule has 0 aromatic carbocycles. The molecule has 20 heavy (non-hydrogen) atoms. The van der Waals surface area contributed by atoms with E-state index in [1.807, 2.05) is 11.8 Å². The Kier molecular flexibility index (Phi) is 5.04. The van der Waals surface area contributed by atoms with Crippen LogP contribution in [0.4, 0.5) is 0 Å². The van der Waals surface area contributed by atoms with E-state index in [0.717, 1.165) is 19.4 Å². The molecule has 2 atom stereocenters. The van der Waals surface area contributed by atoms with E-state index in [1.54, 1.807) is 4.90 Å². The van der Waals surface area contributed by atoms with E-state index in [-0.39, 0.29) is 42.6 Å². The van der Waals surface area contributed by atoms with Crippen molar-refractivity contribution < 1.29 is 18.3 Å². The maximum absolute atomic E-state index is 12.4. The highest BCUT2D eigenvalue weighted by Gasteiger charge is 2.35. The van der Waals surface area contributed by atoms with Gasteiger partial charge in [0.15, 0.2) is 9.84 Å². The van der Waals surface area contributed by atoms with Crippen LogP contribution in [-0.2, 0) is 14.6 Å². The van der Waals surface area contributed by atoms with Gasteiger partial charge in [-0.25, -0.2) is 8.42 Å². The lowest BCUT2D eigenvalue weighted by atomic mass is 10.2. The summed E-state index contributed by atoms with van der Waals surface area (Å²) >= 11 is 0. The predicted octanol–water partition coefficient (Wildman–Crippen LogP) is -0.521. The fourth-order valence-electron chi connectivity index (χ4n) is 3.23. The number of nitrogens with zero attached hydrogens (tertiary/aromatic N) is 2. The molecule has 0 aromatic rings. The Morgan fingerprint density at radius 2 is 2.15 bits per heavy atom. The second-order valence-corrected chi connectivity index (χ2v) is 7.91. The lowest BCUT2D eigenvalue weighted by Gasteiger charge is -2.30. The second-order valence-electron chi connectivity index (χ2n) is 5.69. The molecule has 0 aliphatic carbocycles. The molecule has 2 rings (SSSR count). The zero-order valence-electron chi connectivity index (χ0n) is 12.0. The Balaban J connectivity index is 1.96. The maximum atomic E-state index is 12.4. The summed E-state index contributed by atoms with van der Waals surface area (Å²) in [6.45, 7) is 3.62. The first kappa shape index (κ1) is 15.7. The Hall–Kier alpha value is -0.660. The summed E-state index contributed by atoms with van der Waals surface area (Å²) in [6.07, 6.45) is 2.47. The van der Waals surface area contributed by atoms with E-state index in [1.165, 1.54) is 0 Å². The van der Waals surface area contributed by atoms with E-state index in [4.69, 9.17) is 0 Å². The normalized spacial score (nSPS) is 29.7. The van der Waals surface area contributed by atoms with Crippen LogP contribution in [0.25, 0.3) is 0 Å². The molecule has 7 heteroatoms. The number of sulfone groups is 1. The van der Waals surface area contributed by atoms with Crippen molar-refractivity contribution in [1.29, 1.82) is 0 Å². The minimum absolute atomic E-state index is 0.0186. The Morgan fingerprint density at radius 1 is 1.40 bits per heavy atom. The minimum atomic E-state index is -2.97. The van der Waals surface area contributed by atoms with Gasteiger partial charge in [0.05, 0.1) is 24.7 Å². The summed E-state index contributed by atoms with van der Waals surface area (Å²) in [4.78, 5) is 16.1. The van der Waals surface area contributed by atoms with Gasteiger partial charge in [0.2, 0.25) is 5.91 Å². The summed E-state index contributed by atoms with van der Waals surface area (Å²) in [5.41, 5.74) is 0. The molecular formula is C13H24N2O4S. The van der Waals surface area contributed by atoms with Crippen LogP contribution in [0.3, 0.4) is 0 Å². The number of hydrogen-bond donors (Lipinski definition) is 1. The third-order valence-electron chi connectivity index (χ3n) is 4.36. The number of carbonyl (C=O) groups is 1. The van der Waals surface area contributed by atoms with Crippen molar-refractivity contribution in [2.24, 2.45) is 0 Å². The van der Waals surface area contributed by atoms with E-state index < -0.39 is 9.84 Å². The van der Waals surface area contributed by atoms with Gasteiger partial charge in [0.1, 0.15) is 0 Å². The highest BCUT2D eigenvalue weighted by atomic mass is 32.2. The van der Waals surface area contributed by atoms with Crippen molar-refractivity contribution >= 4 is 15.7 Å². The minimum Gasteiger partial charge on any atom is -0.395 e. The Bertz CT molecular complexity index is 451. The van der Waals surface area contributed by atoms with Crippen LogP contribution in [0.1, 0.15) is 26.2 Å². The van der Waals surface area contributed by atoms with Crippen molar-refractivity contribution in [1.82, 2.24) is 9.80 Å². The molecule has 0 spiro atoms. The van der Waals surface area contributed by atoms with Gasteiger partial charge in [-0.3, -0.25) is 9.69 Å². The largest absolute Gasteiger partial charge is 0.395 e. The molecule has 1 N–H and O–H groups in total. The van der Waals surface area contributed by atoms with E-state index in [2.05, 4.69) is 0 Å². The summed E-state index contributed by atoms with van der Waals surface area (Å²) in [5, 5.41) is 9.28. The predicted molar refractivity (Wildman–Crippen MR) is 76.1 cm³/mol. The Labute approximate surface area is 120 Å². The van der Waals surface area contributed by atoms with Gasteiger partial charge in [-0.2, -0.15) is 0 Å². The molecule has 0 radical (unpaired) electrons. The summed E-state index contributed by atoms with van der Waals surface area (Å²) < 4.78 is 23.1. The third kappa shape index (κ3) is 3.51. The molecule has 0 bridgehead atoms. The smallest absolute Gasteiger partial charge is 0.237 e. The average Bonchev–Trinajstić information content (AvgIpc) is 2.97.